The van der Waals surface area contributed by atoms with E-state index in [-0.39, 0.29) is 24.0 Å². The molecule has 0 atom stereocenters. The van der Waals surface area contributed by atoms with Gasteiger partial charge in [-0.2, -0.15) is 0 Å². The minimum Gasteiger partial charge on any atom is -0.357 e. The number of nitrogens with one attached hydrogen (secondary N) is 1. The molecule has 0 aromatic heterocycles. The van der Waals surface area contributed by atoms with Crippen LogP contribution in [0.1, 0.15) is 25.0 Å². The summed E-state index contributed by atoms with van der Waals surface area (Å²) < 4.78 is 0. The van der Waals surface area contributed by atoms with Gasteiger partial charge in [-0.15, -0.1) is 24.0 Å². The van der Waals surface area contributed by atoms with Gasteiger partial charge in [0.1, 0.15) is 0 Å². The highest BCUT2D eigenvalue weighted by atomic mass is 127. The first kappa shape index (κ1) is 17.2. The maximum atomic E-state index is 4.46. The van der Waals surface area contributed by atoms with Crippen LogP contribution in [0, 0.1) is 6.92 Å². The van der Waals surface area contributed by atoms with E-state index in [2.05, 4.69) is 67.3 Å². The van der Waals surface area contributed by atoms with Crippen molar-refractivity contribution in [1.29, 1.82) is 0 Å². The Labute approximate surface area is 128 Å². The number of aliphatic imine (C=N–C) groups is 1. The van der Waals surface area contributed by atoms with Gasteiger partial charge in [-0.05, 0) is 26.3 Å². The third-order valence-corrected chi connectivity index (χ3v) is 2.54. The van der Waals surface area contributed by atoms with E-state index in [9.17, 15) is 0 Å². The topological polar surface area (TPSA) is 27.6 Å². The van der Waals surface area contributed by atoms with Crippen molar-refractivity contribution in [3.63, 3.8) is 0 Å². The van der Waals surface area contributed by atoms with Crippen LogP contribution in [-0.2, 0) is 6.54 Å². The molecule has 0 fully saturated rings. The van der Waals surface area contributed by atoms with Crippen LogP contribution in [0.15, 0.2) is 29.3 Å². The standard InChI is InChI=1S/C14H23N3.HI/c1-5-15-14(16-6-2)17(4)11-13-9-7-12(3)8-10-13;/h7-10H,5-6,11H2,1-4H3,(H,15,16);1H. The Morgan fingerprint density at radius 3 is 2.33 bits per heavy atom. The Bertz CT molecular complexity index is 360. The Balaban J connectivity index is 0.00000289. The Hall–Kier alpha value is -0.780. The quantitative estimate of drug-likeness (QED) is 0.507. The summed E-state index contributed by atoms with van der Waals surface area (Å²) in [7, 11) is 2.07. The summed E-state index contributed by atoms with van der Waals surface area (Å²) in [5.41, 5.74) is 2.60. The molecular weight excluding hydrogens is 337 g/mol. The van der Waals surface area contributed by atoms with Crippen LogP contribution >= 0.6 is 24.0 Å². The smallest absolute Gasteiger partial charge is 0.193 e. The van der Waals surface area contributed by atoms with Crippen LogP contribution in [-0.4, -0.2) is 31.0 Å². The van der Waals surface area contributed by atoms with Crippen molar-refractivity contribution in [2.45, 2.75) is 27.3 Å². The van der Waals surface area contributed by atoms with Crippen LogP contribution in [0.4, 0.5) is 0 Å². The van der Waals surface area contributed by atoms with Crippen LogP contribution in [0.25, 0.3) is 0 Å². The zero-order valence-corrected chi connectivity index (χ0v) is 14.1. The van der Waals surface area contributed by atoms with Crippen molar-refractivity contribution in [3.8, 4) is 0 Å². The Morgan fingerprint density at radius 2 is 1.83 bits per heavy atom. The molecule has 0 spiro atoms. The third-order valence-electron chi connectivity index (χ3n) is 2.54. The van der Waals surface area contributed by atoms with E-state index in [1.165, 1.54) is 11.1 Å². The SMILES string of the molecule is CCN=C(NCC)N(C)Cc1ccc(C)cc1.I. The fourth-order valence-corrected chi connectivity index (χ4v) is 1.66. The van der Waals surface area contributed by atoms with Crippen LogP contribution in [0.5, 0.6) is 0 Å². The molecule has 3 nitrogen and oxygen atoms in total. The van der Waals surface area contributed by atoms with Crippen molar-refractivity contribution in [3.05, 3.63) is 35.4 Å². The molecule has 0 aliphatic carbocycles. The number of rotatable bonds is 4. The lowest BCUT2D eigenvalue weighted by Gasteiger charge is -2.22. The summed E-state index contributed by atoms with van der Waals surface area (Å²) in [5.74, 6) is 0.968. The lowest BCUT2D eigenvalue weighted by Crippen LogP contribution is -2.38. The van der Waals surface area contributed by atoms with Gasteiger partial charge in [0.25, 0.3) is 0 Å². The number of benzene rings is 1. The number of guanidine groups is 1. The predicted molar refractivity (Wildman–Crippen MR) is 89.7 cm³/mol. The van der Waals surface area contributed by atoms with E-state index >= 15 is 0 Å². The highest BCUT2D eigenvalue weighted by Crippen LogP contribution is 2.05. The summed E-state index contributed by atoms with van der Waals surface area (Å²) >= 11 is 0. The van der Waals surface area contributed by atoms with Gasteiger partial charge in [-0.25, -0.2) is 0 Å². The molecule has 0 amide bonds. The number of nitrogens with zero attached hydrogens (tertiary/aromatic N) is 2. The molecule has 1 N–H and O–H groups in total. The van der Waals surface area contributed by atoms with Gasteiger partial charge in [-0.3, -0.25) is 4.99 Å². The van der Waals surface area contributed by atoms with Crippen molar-refractivity contribution >= 4 is 29.9 Å². The minimum atomic E-state index is 0. The number of hydrogen-bond donors (Lipinski definition) is 1. The molecule has 4 heteroatoms. The predicted octanol–water partition coefficient (Wildman–Crippen LogP) is 3.03. The number of halogens is 1. The average molecular weight is 361 g/mol. The molecule has 0 heterocycles. The van der Waals surface area contributed by atoms with E-state index in [4.69, 9.17) is 0 Å². The maximum Gasteiger partial charge on any atom is 0.193 e. The maximum absolute atomic E-state index is 4.46. The van der Waals surface area contributed by atoms with Crippen molar-refractivity contribution in [2.24, 2.45) is 4.99 Å². The van der Waals surface area contributed by atoms with Gasteiger partial charge in [0.15, 0.2) is 5.96 Å². The molecule has 1 aromatic rings. The zero-order valence-electron chi connectivity index (χ0n) is 11.7. The molecule has 0 aliphatic rings. The van der Waals surface area contributed by atoms with Crippen molar-refractivity contribution < 1.29 is 0 Å². The molecule has 18 heavy (non-hydrogen) atoms. The fourth-order valence-electron chi connectivity index (χ4n) is 1.66. The molecule has 0 bridgehead atoms. The number of aryl methyl sites for hydroxylation is 1. The highest BCUT2D eigenvalue weighted by molar-refractivity contribution is 14.0. The first-order valence-electron chi connectivity index (χ1n) is 6.22. The minimum absolute atomic E-state index is 0. The Morgan fingerprint density at radius 1 is 1.22 bits per heavy atom. The van der Waals surface area contributed by atoms with Crippen molar-refractivity contribution in [1.82, 2.24) is 10.2 Å². The third kappa shape index (κ3) is 5.71. The number of hydrogen-bond acceptors (Lipinski definition) is 1. The lowest BCUT2D eigenvalue weighted by molar-refractivity contribution is 0.477. The molecule has 0 radical (unpaired) electrons. The Kier molecular flexibility index (Phi) is 8.79. The normalized spacial score (nSPS) is 10.8. The summed E-state index contributed by atoms with van der Waals surface area (Å²) in [4.78, 5) is 6.61. The molecule has 0 saturated heterocycles. The molecule has 1 aromatic carbocycles. The van der Waals surface area contributed by atoms with Gasteiger partial charge in [0.2, 0.25) is 0 Å². The molecule has 0 aliphatic heterocycles. The van der Waals surface area contributed by atoms with Gasteiger partial charge >= 0.3 is 0 Å². The van der Waals surface area contributed by atoms with E-state index in [1.807, 2.05) is 0 Å². The molecule has 102 valence electrons. The summed E-state index contributed by atoms with van der Waals surface area (Å²) in [6, 6.07) is 8.63. The van der Waals surface area contributed by atoms with Crippen LogP contribution in [0.3, 0.4) is 0 Å². The zero-order chi connectivity index (χ0) is 12.7. The summed E-state index contributed by atoms with van der Waals surface area (Å²) in [5, 5.41) is 3.29. The first-order valence-corrected chi connectivity index (χ1v) is 6.22. The molecule has 0 saturated carbocycles. The van der Waals surface area contributed by atoms with E-state index in [1.54, 1.807) is 0 Å². The second-order valence-corrected chi connectivity index (χ2v) is 4.17. The van der Waals surface area contributed by atoms with Crippen molar-refractivity contribution in [2.75, 3.05) is 20.1 Å². The van der Waals surface area contributed by atoms with Gasteiger partial charge in [-0.1, -0.05) is 29.8 Å². The monoisotopic (exact) mass is 361 g/mol. The second-order valence-electron chi connectivity index (χ2n) is 4.17. The van der Waals surface area contributed by atoms with Gasteiger partial charge in [0, 0.05) is 26.7 Å². The summed E-state index contributed by atoms with van der Waals surface area (Å²) in [6.07, 6.45) is 0. The first-order chi connectivity index (χ1) is 8.17. The van der Waals surface area contributed by atoms with E-state index in [0.29, 0.717) is 0 Å². The van der Waals surface area contributed by atoms with Gasteiger partial charge < -0.3 is 10.2 Å². The van der Waals surface area contributed by atoms with Gasteiger partial charge in [0.05, 0.1) is 0 Å². The fraction of sp³-hybridized carbons (Fsp3) is 0.500. The summed E-state index contributed by atoms with van der Waals surface area (Å²) in [6.45, 7) is 8.84. The van der Waals surface area contributed by atoms with Crippen LogP contribution < -0.4 is 5.32 Å². The lowest BCUT2D eigenvalue weighted by atomic mass is 10.1. The second kappa shape index (κ2) is 9.19. The van der Waals surface area contributed by atoms with E-state index in [0.717, 1.165) is 25.6 Å². The van der Waals surface area contributed by atoms with E-state index < -0.39 is 0 Å². The molecule has 0 unspecified atom stereocenters. The largest absolute Gasteiger partial charge is 0.357 e. The van der Waals surface area contributed by atoms with Crippen LogP contribution in [0.2, 0.25) is 0 Å². The average Bonchev–Trinajstić information content (AvgIpc) is 2.32. The molecule has 1 rings (SSSR count). The molecular formula is C14H24IN3. The highest BCUT2D eigenvalue weighted by Gasteiger charge is 2.05.